The summed E-state index contributed by atoms with van der Waals surface area (Å²) in [4.78, 5) is 24.3. The molecule has 0 spiro atoms. The molecule has 0 aliphatic rings. The van der Waals surface area contributed by atoms with Crippen molar-refractivity contribution in [3.63, 3.8) is 0 Å². The van der Waals surface area contributed by atoms with Crippen molar-refractivity contribution in [2.45, 2.75) is 6.92 Å². The molecule has 4 heteroatoms. The van der Waals surface area contributed by atoms with Gasteiger partial charge in [-0.2, -0.15) is 0 Å². The van der Waals surface area contributed by atoms with Crippen LogP contribution in [-0.2, 0) is 0 Å². The summed E-state index contributed by atoms with van der Waals surface area (Å²) < 4.78 is 0. The van der Waals surface area contributed by atoms with Gasteiger partial charge in [0.25, 0.3) is 0 Å². The van der Waals surface area contributed by atoms with Crippen molar-refractivity contribution in [1.82, 2.24) is 9.97 Å². The first-order valence-electron chi connectivity index (χ1n) is 5.15. The van der Waals surface area contributed by atoms with Gasteiger partial charge in [-0.3, -0.25) is 14.8 Å². The van der Waals surface area contributed by atoms with Gasteiger partial charge in [-0.05, 0) is 18.2 Å². The highest BCUT2D eigenvalue weighted by Gasteiger charge is 1.99. The van der Waals surface area contributed by atoms with Gasteiger partial charge in [-0.25, -0.2) is 4.98 Å². The predicted molar refractivity (Wildman–Crippen MR) is 69.2 cm³/mol. The van der Waals surface area contributed by atoms with E-state index < -0.39 is 0 Å². The van der Waals surface area contributed by atoms with E-state index in [0.717, 1.165) is 0 Å². The number of aromatic nitrogens is 2. The summed E-state index contributed by atoms with van der Waals surface area (Å²) in [6, 6.07) is 3.48. The molecule has 4 nitrogen and oxygen atoms in total. The Balaban J connectivity index is 3.07. The Labute approximate surface area is 97.7 Å². The SMILES string of the molecule is C=c1ccc2nccnc2c(=O)/c1=C/N=CC. The molecule has 0 amide bonds. The summed E-state index contributed by atoms with van der Waals surface area (Å²) >= 11 is 0. The molecule has 0 bridgehead atoms. The summed E-state index contributed by atoms with van der Waals surface area (Å²) in [5.74, 6) is 0. The van der Waals surface area contributed by atoms with Crippen molar-refractivity contribution >= 4 is 30.0 Å². The fraction of sp³-hybridized carbons (Fsp3) is 0.0769. The molecule has 0 aliphatic carbocycles. The first-order valence-corrected chi connectivity index (χ1v) is 5.15. The zero-order valence-corrected chi connectivity index (χ0v) is 9.42. The van der Waals surface area contributed by atoms with Crippen LogP contribution in [0.15, 0.2) is 34.3 Å². The minimum Gasteiger partial charge on any atom is -0.287 e. The molecule has 2 aromatic rings. The Hall–Kier alpha value is -2.36. The van der Waals surface area contributed by atoms with E-state index in [9.17, 15) is 4.79 Å². The zero-order chi connectivity index (χ0) is 12.3. The highest BCUT2D eigenvalue weighted by atomic mass is 16.1. The molecule has 0 radical (unpaired) electrons. The lowest BCUT2D eigenvalue weighted by atomic mass is 10.3. The molecule has 1 aromatic carbocycles. The lowest BCUT2D eigenvalue weighted by Gasteiger charge is -1.86. The van der Waals surface area contributed by atoms with E-state index in [1.165, 1.54) is 12.4 Å². The highest BCUT2D eigenvalue weighted by molar-refractivity contribution is 5.72. The number of aliphatic imine (C=N–C) groups is 1. The third kappa shape index (κ3) is 2.10. The third-order valence-electron chi connectivity index (χ3n) is 2.33. The average molecular weight is 225 g/mol. The van der Waals surface area contributed by atoms with Crippen LogP contribution in [0.25, 0.3) is 23.8 Å². The number of rotatable bonds is 1. The molecule has 0 aliphatic heterocycles. The fourth-order valence-electron chi connectivity index (χ4n) is 1.48. The van der Waals surface area contributed by atoms with Gasteiger partial charge in [0.05, 0.1) is 5.52 Å². The Bertz CT molecular complexity index is 751. The summed E-state index contributed by atoms with van der Waals surface area (Å²) in [7, 11) is 0. The monoisotopic (exact) mass is 225 g/mol. The van der Waals surface area contributed by atoms with Gasteiger partial charge < -0.3 is 0 Å². The van der Waals surface area contributed by atoms with E-state index in [0.29, 0.717) is 21.5 Å². The summed E-state index contributed by atoms with van der Waals surface area (Å²) in [6.07, 6.45) is 6.16. The average Bonchev–Trinajstić information content (AvgIpc) is 2.47. The van der Waals surface area contributed by atoms with E-state index >= 15 is 0 Å². The second kappa shape index (κ2) is 4.65. The number of fused-ring (bicyclic) bond motifs is 1. The van der Waals surface area contributed by atoms with Gasteiger partial charge in [0.1, 0.15) is 5.52 Å². The number of hydrogen-bond acceptors (Lipinski definition) is 4. The predicted octanol–water partition coefficient (Wildman–Crippen LogP) is 0.229. The maximum absolute atomic E-state index is 12.2. The molecule has 0 atom stereocenters. The molecule has 0 fully saturated rings. The van der Waals surface area contributed by atoms with Crippen LogP contribution in [0, 0.1) is 0 Å². The van der Waals surface area contributed by atoms with Gasteiger partial charge in [-0.15, -0.1) is 0 Å². The number of nitrogens with zero attached hydrogens (tertiary/aromatic N) is 3. The van der Waals surface area contributed by atoms with Crippen molar-refractivity contribution in [1.29, 1.82) is 0 Å². The molecule has 17 heavy (non-hydrogen) atoms. The van der Waals surface area contributed by atoms with Crippen molar-refractivity contribution in [2.24, 2.45) is 4.99 Å². The highest BCUT2D eigenvalue weighted by Crippen LogP contribution is 1.96. The molecular formula is C13H11N3O. The Morgan fingerprint density at radius 3 is 2.82 bits per heavy atom. The largest absolute Gasteiger partial charge is 0.287 e. The lowest BCUT2D eigenvalue weighted by Crippen LogP contribution is -2.35. The topological polar surface area (TPSA) is 55.2 Å². The Kier molecular flexibility index (Phi) is 3.05. The lowest BCUT2D eigenvalue weighted by molar-refractivity contribution is 1.29. The second-order valence-corrected chi connectivity index (χ2v) is 3.43. The molecule has 0 unspecified atom stereocenters. The maximum atomic E-state index is 12.2. The van der Waals surface area contributed by atoms with Gasteiger partial charge >= 0.3 is 0 Å². The van der Waals surface area contributed by atoms with E-state index in [1.54, 1.807) is 31.5 Å². The summed E-state index contributed by atoms with van der Waals surface area (Å²) in [6.45, 7) is 5.62. The van der Waals surface area contributed by atoms with E-state index in [4.69, 9.17) is 0 Å². The Morgan fingerprint density at radius 1 is 1.29 bits per heavy atom. The maximum Gasteiger partial charge on any atom is 0.215 e. The standard InChI is InChI=1S/C13H11N3O/c1-3-14-8-10-9(2)4-5-11-12(13(10)17)16-7-6-15-11/h3-8H,2H2,1H3/b10-8+,14-3?. The first-order chi connectivity index (χ1) is 8.24. The van der Waals surface area contributed by atoms with Crippen LogP contribution in [0.2, 0.25) is 0 Å². The van der Waals surface area contributed by atoms with Gasteiger partial charge in [-0.1, -0.05) is 12.6 Å². The van der Waals surface area contributed by atoms with Gasteiger partial charge in [0.15, 0.2) is 0 Å². The fourth-order valence-corrected chi connectivity index (χ4v) is 1.48. The van der Waals surface area contributed by atoms with Crippen LogP contribution in [0.1, 0.15) is 6.92 Å². The normalized spacial score (nSPS) is 12.4. The van der Waals surface area contributed by atoms with Crippen molar-refractivity contribution in [2.75, 3.05) is 0 Å². The van der Waals surface area contributed by atoms with E-state index in [-0.39, 0.29) is 5.43 Å². The third-order valence-corrected chi connectivity index (χ3v) is 2.33. The summed E-state index contributed by atoms with van der Waals surface area (Å²) in [5.41, 5.74) is 0.691. The van der Waals surface area contributed by atoms with Gasteiger partial charge in [0, 0.05) is 30.0 Å². The van der Waals surface area contributed by atoms with E-state index in [1.807, 2.05) is 0 Å². The zero-order valence-electron chi connectivity index (χ0n) is 9.42. The van der Waals surface area contributed by atoms with E-state index in [2.05, 4.69) is 21.5 Å². The molecule has 0 saturated carbocycles. The van der Waals surface area contributed by atoms with Crippen LogP contribution in [-0.4, -0.2) is 16.2 Å². The molecular weight excluding hydrogens is 214 g/mol. The van der Waals surface area contributed by atoms with Crippen molar-refractivity contribution in [3.05, 3.63) is 45.2 Å². The van der Waals surface area contributed by atoms with Crippen LogP contribution in [0.5, 0.6) is 0 Å². The van der Waals surface area contributed by atoms with Gasteiger partial charge in [0.2, 0.25) is 5.43 Å². The molecule has 1 heterocycles. The molecule has 0 saturated heterocycles. The minimum absolute atomic E-state index is 0.200. The molecule has 1 aromatic heterocycles. The van der Waals surface area contributed by atoms with Crippen LogP contribution in [0.4, 0.5) is 0 Å². The Morgan fingerprint density at radius 2 is 2.06 bits per heavy atom. The number of hydrogen-bond donors (Lipinski definition) is 0. The smallest absolute Gasteiger partial charge is 0.215 e. The molecule has 0 N–H and O–H groups in total. The van der Waals surface area contributed by atoms with Crippen LogP contribution < -0.4 is 15.9 Å². The second-order valence-electron chi connectivity index (χ2n) is 3.43. The van der Waals surface area contributed by atoms with Crippen molar-refractivity contribution < 1.29 is 0 Å². The first kappa shape index (κ1) is 11.1. The van der Waals surface area contributed by atoms with Crippen LogP contribution >= 0.6 is 0 Å². The quantitative estimate of drug-likeness (QED) is 0.653. The summed E-state index contributed by atoms with van der Waals surface area (Å²) in [5, 5.41) is 1.05. The van der Waals surface area contributed by atoms with Crippen molar-refractivity contribution in [3.8, 4) is 0 Å². The minimum atomic E-state index is -0.200. The van der Waals surface area contributed by atoms with Crippen LogP contribution in [0.3, 0.4) is 0 Å². The molecule has 84 valence electrons. The molecule has 2 rings (SSSR count).